The zero-order chi connectivity index (χ0) is 13.0. The lowest BCUT2D eigenvalue weighted by molar-refractivity contribution is -0.0433. The topological polar surface area (TPSA) is 0 Å². The van der Waals surface area contributed by atoms with E-state index in [2.05, 4.69) is 13.5 Å². The van der Waals surface area contributed by atoms with Crippen molar-refractivity contribution in [2.45, 2.75) is 64.7 Å². The maximum atomic E-state index is 4.38. The van der Waals surface area contributed by atoms with Crippen molar-refractivity contribution < 1.29 is 0 Å². The summed E-state index contributed by atoms with van der Waals surface area (Å²) in [5.74, 6) is 7.36. The molecule has 0 saturated heterocycles. The van der Waals surface area contributed by atoms with Crippen molar-refractivity contribution in [3.8, 4) is 0 Å². The average molecular weight is 258 g/mol. The molecule has 19 heavy (non-hydrogen) atoms. The van der Waals surface area contributed by atoms with Crippen molar-refractivity contribution in [2.75, 3.05) is 0 Å². The third kappa shape index (κ3) is 1.85. The summed E-state index contributed by atoms with van der Waals surface area (Å²) in [6, 6.07) is 0. The van der Waals surface area contributed by atoms with Crippen molar-refractivity contribution >= 4 is 0 Å². The molecule has 7 atom stereocenters. The minimum absolute atomic E-state index is 0.925. The van der Waals surface area contributed by atoms with E-state index in [9.17, 15) is 0 Å². The van der Waals surface area contributed by atoms with Crippen LogP contribution in [0.1, 0.15) is 64.7 Å². The normalized spacial score (nSPS) is 53.3. The van der Waals surface area contributed by atoms with E-state index in [-0.39, 0.29) is 0 Å². The van der Waals surface area contributed by atoms with Crippen LogP contribution in [0.4, 0.5) is 0 Å². The highest BCUT2D eigenvalue weighted by molar-refractivity contribution is 5.14. The highest BCUT2D eigenvalue weighted by Gasteiger charge is 2.51. The Labute approximate surface area is 119 Å². The molecule has 0 heterocycles. The van der Waals surface area contributed by atoms with Gasteiger partial charge in [-0.25, -0.2) is 0 Å². The van der Waals surface area contributed by atoms with Gasteiger partial charge in [0.05, 0.1) is 0 Å². The molecule has 4 saturated carbocycles. The van der Waals surface area contributed by atoms with Gasteiger partial charge < -0.3 is 0 Å². The zero-order valence-corrected chi connectivity index (χ0v) is 12.6. The molecule has 0 spiro atoms. The Hall–Kier alpha value is -0.260. The van der Waals surface area contributed by atoms with E-state index in [0.29, 0.717) is 0 Å². The van der Waals surface area contributed by atoms with Gasteiger partial charge in [-0.2, -0.15) is 0 Å². The van der Waals surface area contributed by atoms with E-state index in [4.69, 9.17) is 0 Å². The second kappa shape index (κ2) is 4.64. The maximum Gasteiger partial charge on any atom is -0.0175 e. The SMILES string of the molecule is C=C1CCC2C3CC(C)C4CCCC[C@@H]4C3CC[C@H]12. The molecule has 0 amide bonds. The average Bonchev–Trinajstić information content (AvgIpc) is 2.81. The van der Waals surface area contributed by atoms with Crippen LogP contribution in [0, 0.1) is 41.4 Å². The standard InChI is InChI=1S/C19H30/c1-12-7-8-17-15(12)9-10-18-16-6-4-3-5-14(16)13(2)11-19(17)18/h13-19H,1,3-11H2,2H3/t13?,14?,15-,16+,17?,18?,19?/m1/s1. The molecule has 0 bridgehead atoms. The lowest BCUT2D eigenvalue weighted by Crippen LogP contribution is -2.46. The molecule has 0 N–H and O–H groups in total. The van der Waals surface area contributed by atoms with Crippen molar-refractivity contribution in [3.05, 3.63) is 12.2 Å². The Kier molecular flexibility index (Phi) is 3.05. The molecule has 0 nitrogen and oxygen atoms in total. The first kappa shape index (κ1) is 12.5. The third-order valence-electron chi connectivity index (χ3n) is 7.55. The predicted octanol–water partition coefficient (Wildman–Crippen LogP) is 5.44. The fourth-order valence-corrected chi connectivity index (χ4v) is 6.79. The molecule has 0 radical (unpaired) electrons. The quantitative estimate of drug-likeness (QED) is 0.507. The molecule has 5 unspecified atom stereocenters. The van der Waals surface area contributed by atoms with Gasteiger partial charge in [-0.05, 0) is 86.4 Å². The fourth-order valence-electron chi connectivity index (χ4n) is 6.79. The number of allylic oxidation sites excluding steroid dienone is 1. The number of hydrogen-bond donors (Lipinski definition) is 0. The summed E-state index contributed by atoms with van der Waals surface area (Å²) in [5.41, 5.74) is 1.61. The Morgan fingerprint density at radius 3 is 2.37 bits per heavy atom. The molecule has 4 aliphatic carbocycles. The summed E-state index contributed by atoms with van der Waals surface area (Å²) >= 11 is 0. The van der Waals surface area contributed by atoms with Crippen LogP contribution >= 0.6 is 0 Å². The monoisotopic (exact) mass is 258 g/mol. The number of rotatable bonds is 0. The first-order valence-corrected chi connectivity index (χ1v) is 8.93. The van der Waals surface area contributed by atoms with Gasteiger partial charge in [-0.15, -0.1) is 0 Å². The third-order valence-corrected chi connectivity index (χ3v) is 7.55. The predicted molar refractivity (Wildman–Crippen MR) is 80.8 cm³/mol. The first-order valence-electron chi connectivity index (χ1n) is 8.93. The second-order valence-corrected chi connectivity index (χ2v) is 8.20. The molecule has 4 aliphatic rings. The van der Waals surface area contributed by atoms with Crippen LogP contribution in [-0.4, -0.2) is 0 Å². The van der Waals surface area contributed by atoms with Crippen LogP contribution in [0.3, 0.4) is 0 Å². The Balaban J connectivity index is 1.60. The van der Waals surface area contributed by atoms with Crippen molar-refractivity contribution in [2.24, 2.45) is 41.4 Å². The van der Waals surface area contributed by atoms with E-state index < -0.39 is 0 Å². The molecule has 0 aromatic rings. The maximum absolute atomic E-state index is 4.38. The Morgan fingerprint density at radius 1 is 0.789 bits per heavy atom. The summed E-state index contributed by atoms with van der Waals surface area (Å²) in [7, 11) is 0. The lowest BCUT2D eigenvalue weighted by atomic mass is 9.51. The van der Waals surface area contributed by atoms with Gasteiger partial charge in [0.15, 0.2) is 0 Å². The summed E-state index contributed by atoms with van der Waals surface area (Å²) < 4.78 is 0. The molecular weight excluding hydrogens is 228 g/mol. The van der Waals surface area contributed by atoms with E-state index in [0.717, 1.165) is 41.4 Å². The second-order valence-electron chi connectivity index (χ2n) is 8.20. The molecule has 0 aromatic carbocycles. The highest BCUT2D eigenvalue weighted by atomic mass is 14.6. The minimum atomic E-state index is 0.925. The van der Waals surface area contributed by atoms with Gasteiger partial charge >= 0.3 is 0 Å². The summed E-state index contributed by atoms with van der Waals surface area (Å²) in [5, 5.41) is 0. The Bertz CT molecular complexity index is 368. The number of hydrogen-bond acceptors (Lipinski definition) is 0. The Morgan fingerprint density at radius 2 is 1.53 bits per heavy atom. The largest absolute Gasteiger partial charge is 0.0996 e. The molecule has 106 valence electrons. The van der Waals surface area contributed by atoms with Crippen LogP contribution in [0.5, 0.6) is 0 Å². The van der Waals surface area contributed by atoms with Gasteiger partial charge in [-0.1, -0.05) is 31.9 Å². The summed E-state index contributed by atoms with van der Waals surface area (Å²) in [6.07, 6.45) is 13.6. The van der Waals surface area contributed by atoms with Gasteiger partial charge in [-0.3, -0.25) is 0 Å². The zero-order valence-electron chi connectivity index (χ0n) is 12.6. The van der Waals surface area contributed by atoms with Crippen LogP contribution in [0.2, 0.25) is 0 Å². The van der Waals surface area contributed by atoms with Gasteiger partial charge in [0.2, 0.25) is 0 Å². The molecular formula is C19H30. The van der Waals surface area contributed by atoms with E-state index >= 15 is 0 Å². The van der Waals surface area contributed by atoms with Gasteiger partial charge in [0.1, 0.15) is 0 Å². The fraction of sp³-hybridized carbons (Fsp3) is 0.895. The van der Waals surface area contributed by atoms with Crippen LogP contribution in [-0.2, 0) is 0 Å². The van der Waals surface area contributed by atoms with E-state index in [1.165, 1.54) is 32.1 Å². The summed E-state index contributed by atoms with van der Waals surface area (Å²) in [6.45, 7) is 6.95. The van der Waals surface area contributed by atoms with Crippen molar-refractivity contribution in [1.82, 2.24) is 0 Å². The minimum Gasteiger partial charge on any atom is -0.0996 e. The number of fused-ring (bicyclic) bond motifs is 5. The van der Waals surface area contributed by atoms with Crippen molar-refractivity contribution in [1.29, 1.82) is 0 Å². The van der Waals surface area contributed by atoms with Crippen molar-refractivity contribution in [3.63, 3.8) is 0 Å². The smallest absolute Gasteiger partial charge is 0.0175 e. The van der Waals surface area contributed by atoms with E-state index in [1.54, 1.807) is 31.3 Å². The van der Waals surface area contributed by atoms with Crippen LogP contribution in [0.25, 0.3) is 0 Å². The molecule has 0 heteroatoms. The first-order chi connectivity index (χ1) is 9.25. The molecule has 4 rings (SSSR count). The highest BCUT2D eigenvalue weighted by Crippen LogP contribution is 2.59. The van der Waals surface area contributed by atoms with Gasteiger partial charge in [0, 0.05) is 0 Å². The summed E-state index contributed by atoms with van der Waals surface area (Å²) in [4.78, 5) is 0. The van der Waals surface area contributed by atoms with Crippen LogP contribution < -0.4 is 0 Å². The molecule has 0 aliphatic heterocycles. The van der Waals surface area contributed by atoms with Gasteiger partial charge in [0.25, 0.3) is 0 Å². The molecule has 0 aromatic heterocycles. The lowest BCUT2D eigenvalue weighted by Gasteiger charge is -2.54. The van der Waals surface area contributed by atoms with Crippen LogP contribution in [0.15, 0.2) is 12.2 Å². The van der Waals surface area contributed by atoms with E-state index in [1.807, 2.05) is 0 Å². The molecule has 4 fully saturated rings.